The van der Waals surface area contributed by atoms with Gasteiger partial charge in [-0.15, -0.1) is 0 Å². The van der Waals surface area contributed by atoms with Crippen LogP contribution in [0, 0.1) is 12.8 Å². The molecule has 2 aromatic rings. The summed E-state index contributed by atoms with van der Waals surface area (Å²) in [6.07, 6.45) is 5.87. The van der Waals surface area contributed by atoms with Crippen molar-refractivity contribution in [1.82, 2.24) is 15.5 Å². The summed E-state index contributed by atoms with van der Waals surface area (Å²) in [5.74, 6) is 1.42. The summed E-state index contributed by atoms with van der Waals surface area (Å²) in [5.41, 5.74) is 0.582. The van der Waals surface area contributed by atoms with Crippen LogP contribution in [0.5, 0.6) is 0 Å². The van der Waals surface area contributed by atoms with E-state index in [2.05, 4.69) is 15.5 Å². The fourth-order valence-corrected chi connectivity index (χ4v) is 4.26. The van der Waals surface area contributed by atoms with E-state index in [1.54, 1.807) is 6.92 Å². The number of nitrogens with zero attached hydrogens (tertiary/aromatic N) is 2. The molecule has 0 aliphatic heterocycles. The van der Waals surface area contributed by atoms with Gasteiger partial charge in [0.2, 0.25) is 11.8 Å². The average Bonchev–Trinajstić information content (AvgIpc) is 3.29. The first-order valence-corrected chi connectivity index (χ1v) is 9.34. The molecule has 0 bridgehead atoms. The predicted molar refractivity (Wildman–Crippen MR) is 94.2 cm³/mol. The van der Waals surface area contributed by atoms with Gasteiger partial charge in [-0.1, -0.05) is 54.2 Å². The number of carbonyl (C=O) groups excluding carboxylic acids is 1. The summed E-state index contributed by atoms with van der Waals surface area (Å²) in [6, 6.07) is 7.78. The van der Waals surface area contributed by atoms with Crippen molar-refractivity contribution in [1.29, 1.82) is 0 Å². The van der Waals surface area contributed by atoms with E-state index < -0.39 is 5.54 Å². The van der Waals surface area contributed by atoms with Crippen molar-refractivity contribution in [3.8, 4) is 0 Å². The molecule has 5 nitrogen and oxygen atoms in total. The molecular weight excluding hydrogens is 338 g/mol. The normalized spacial score (nSPS) is 24.7. The summed E-state index contributed by atoms with van der Waals surface area (Å²) in [7, 11) is 0. The average molecular weight is 360 g/mol. The lowest BCUT2D eigenvalue weighted by Crippen LogP contribution is -2.48. The van der Waals surface area contributed by atoms with Crippen LogP contribution in [0.3, 0.4) is 0 Å². The maximum absolute atomic E-state index is 12.9. The maximum atomic E-state index is 12.9. The molecule has 1 heterocycles. The number of rotatable bonds is 4. The van der Waals surface area contributed by atoms with E-state index in [1.807, 2.05) is 24.3 Å². The van der Waals surface area contributed by atoms with Crippen LogP contribution in [0.1, 0.15) is 61.7 Å². The third-order valence-corrected chi connectivity index (χ3v) is 5.80. The largest absolute Gasteiger partial charge is 0.343 e. The molecule has 2 saturated carbocycles. The molecule has 25 heavy (non-hydrogen) atoms. The van der Waals surface area contributed by atoms with Gasteiger partial charge in [-0.25, -0.2) is 0 Å². The van der Waals surface area contributed by atoms with Crippen LogP contribution in [-0.4, -0.2) is 16.0 Å². The molecule has 0 spiro atoms. The van der Waals surface area contributed by atoms with Gasteiger partial charge in [-0.05, 0) is 36.8 Å². The Morgan fingerprint density at radius 2 is 2.04 bits per heavy atom. The van der Waals surface area contributed by atoms with Gasteiger partial charge in [0.05, 0.1) is 0 Å². The third-order valence-electron chi connectivity index (χ3n) is 5.46. The molecule has 1 aromatic carbocycles. The van der Waals surface area contributed by atoms with Gasteiger partial charge in [-0.3, -0.25) is 4.79 Å². The lowest BCUT2D eigenvalue weighted by atomic mass is 9.80. The zero-order chi connectivity index (χ0) is 17.4. The molecule has 4 rings (SSSR count). The molecule has 2 atom stereocenters. The van der Waals surface area contributed by atoms with Crippen LogP contribution < -0.4 is 5.32 Å². The Hall–Kier alpha value is -1.88. The van der Waals surface area contributed by atoms with E-state index in [0.717, 1.165) is 42.7 Å². The second kappa shape index (κ2) is 6.45. The lowest BCUT2D eigenvalue weighted by molar-refractivity contribution is -0.125. The lowest BCUT2D eigenvalue weighted by Gasteiger charge is -2.35. The highest BCUT2D eigenvalue weighted by molar-refractivity contribution is 6.31. The molecular formula is C19H22ClN3O2. The van der Waals surface area contributed by atoms with E-state index in [1.165, 1.54) is 6.42 Å². The fourth-order valence-electron chi connectivity index (χ4n) is 3.99. The van der Waals surface area contributed by atoms with Gasteiger partial charge >= 0.3 is 0 Å². The van der Waals surface area contributed by atoms with Crippen molar-refractivity contribution < 1.29 is 9.32 Å². The first kappa shape index (κ1) is 16.6. The molecule has 0 saturated heterocycles. The van der Waals surface area contributed by atoms with Crippen molar-refractivity contribution in [2.24, 2.45) is 5.92 Å². The number of nitrogens with one attached hydrogen (secondary N) is 1. The summed E-state index contributed by atoms with van der Waals surface area (Å²) < 4.78 is 5.18. The number of benzene rings is 1. The zero-order valence-corrected chi connectivity index (χ0v) is 15.1. The monoisotopic (exact) mass is 359 g/mol. The van der Waals surface area contributed by atoms with Gasteiger partial charge in [0.25, 0.3) is 0 Å². The molecule has 0 unspecified atom stereocenters. The van der Waals surface area contributed by atoms with Crippen molar-refractivity contribution in [3.63, 3.8) is 0 Å². The fraction of sp³-hybridized carbons (Fsp3) is 0.526. The number of aromatic nitrogens is 2. The van der Waals surface area contributed by atoms with E-state index in [0.29, 0.717) is 11.7 Å². The number of hydrogen-bond acceptors (Lipinski definition) is 4. The Labute approximate surface area is 152 Å². The molecule has 1 aromatic heterocycles. The summed E-state index contributed by atoms with van der Waals surface area (Å²) in [6.45, 7) is 1.78. The molecule has 0 radical (unpaired) electrons. The minimum absolute atomic E-state index is 0.0216. The second-order valence-electron chi connectivity index (χ2n) is 7.24. The Balaban J connectivity index is 1.51. The van der Waals surface area contributed by atoms with Crippen LogP contribution in [0.2, 0.25) is 5.02 Å². The quantitative estimate of drug-likeness (QED) is 0.891. The SMILES string of the molecule is Cc1nc(C2(NC(=O)[C@@H]3C[C@H]3c3ccccc3Cl)CCCCC2)no1. The van der Waals surface area contributed by atoms with Crippen molar-refractivity contribution in [3.05, 3.63) is 46.6 Å². The first-order valence-electron chi connectivity index (χ1n) is 8.96. The molecule has 1 amide bonds. The van der Waals surface area contributed by atoms with Crippen LogP contribution >= 0.6 is 11.6 Å². The molecule has 132 valence electrons. The van der Waals surface area contributed by atoms with Crippen LogP contribution in [0.4, 0.5) is 0 Å². The Kier molecular flexibility index (Phi) is 4.28. The standard InChI is InChI=1S/C19H22ClN3O2/c1-12-21-18(23-25-12)19(9-5-2-6-10-19)22-17(24)15-11-14(15)13-7-3-4-8-16(13)20/h3-4,7-8,14-15H,2,5-6,9-11H2,1H3,(H,22,24)/t14-,15+/m0/s1. The van der Waals surface area contributed by atoms with Crippen molar-refractivity contribution >= 4 is 17.5 Å². The van der Waals surface area contributed by atoms with Crippen LogP contribution in [0.25, 0.3) is 0 Å². The minimum atomic E-state index is -0.485. The van der Waals surface area contributed by atoms with Gasteiger partial charge in [0.1, 0.15) is 5.54 Å². The van der Waals surface area contributed by atoms with Crippen molar-refractivity contribution in [2.75, 3.05) is 0 Å². The molecule has 2 aliphatic rings. The number of carbonyl (C=O) groups is 1. The van der Waals surface area contributed by atoms with E-state index in [9.17, 15) is 4.79 Å². The highest BCUT2D eigenvalue weighted by atomic mass is 35.5. The van der Waals surface area contributed by atoms with Crippen LogP contribution in [0.15, 0.2) is 28.8 Å². The minimum Gasteiger partial charge on any atom is -0.343 e. The Morgan fingerprint density at radius 3 is 2.72 bits per heavy atom. The smallest absolute Gasteiger partial charge is 0.224 e. The topological polar surface area (TPSA) is 68.0 Å². The van der Waals surface area contributed by atoms with Gasteiger partial charge in [0.15, 0.2) is 5.82 Å². The van der Waals surface area contributed by atoms with E-state index in [-0.39, 0.29) is 17.7 Å². The molecule has 6 heteroatoms. The Bertz CT molecular complexity index is 782. The molecule has 1 N–H and O–H groups in total. The summed E-state index contributed by atoms with van der Waals surface area (Å²) >= 11 is 6.28. The number of amides is 1. The summed E-state index contributed by atoms with van der Waals surface area (Å²) in [5, 5.41) is 8.13. The van der Waals surface area contributed by atoms with Gasteiger partial charge in [0, 0.05) is 17.9 Å². The van der Waals surface area contributed by atoms with E-state index >= 15 is 0 Å². The number of halogens is 1. The molecule has 2 fully saturated rings. The predicted octanol–water partition coefficient (Wildman–Crippen LogP) is 4.11. The number of aryl methyl sites for hydroxylation is 1. The third kappa shape index (κ3) is 3.17. The molecule has 2 aliphatic carbocycles. The zero-order valence-electron chi connectivity index (χ0n) is 14.3. The van der Waals surface area contributed by atoms with Crippen molar-refractivity contribution in [2.45, 2.75) is 56.9 Å². The van der Waals surface area contributed by atoms with Gasteiger partial charge < -0.3 is 9.84 Å². The summed E-state index contributed by atoms with van der Waals surface area (Å²) in [4.78, 5) is 17.3. The van der Waals surface area contributed by atoms with Crippen LogP contribution in [-0.2, 0) is 10.3 Å². The first-order chi connectivity index (χ1) is 12.1. The number of hydrogen-bond donors (Lipinski definition) is 1. The highest BCUT2D eigenvalue weighted by Crippen LogP contribution is 2.50. The highest BCUT2D eigenvalue weighted by Gasteiger charge is 2.48. The van der Waals surface area contributed by atoms with E-state index in [4.69, 9.17) is 16.1 Å². The van der Waals surface area contributed by atoms with Gasteiger partial charge in [-0.2, -0.15) is 4.98 Å². The Morgan fingerprint density at radius 1 is 1.28 bits per heavy atom. The maximum Gasteiger partial charge on any atom is 0.224 e. The second-order valence-corrected chi connectivity index (χ2v) is 7.65.